The van der Waals surface area contributed by atoms with Gasteiger partial charge in [-0.25, -0.2) is 8.78 Å². The Hall–Kier alpha value is -1.46. The summed E-state index contributed by atoms with van der Waals surface area (Å²) in [6, 6.07) is 3.27. The molecular formula is C14H13F5O. The summed E-state index contributed by atoms with van der Waals surface area (Å²) in [5, 5.41) is 0. The van der Waals surface area contributed by atoms with Crippen LogP contribution in [-0.4, -0.2) is 12.0 Å². The maximum Gasteiger partial charge on any atom is 0.391 e. The summed E-state index contributed by atoms with van der Waals surface area (Å²) in [7, 11) is 0. The summed E-state index contributed by atoms with van der Waals surface area (Å²) >= 11 is 0. The van der Waals surface area contributed by atoms with Crippen LogP contribution >= 0.6 is 0 Å². The lowest BCUT2D eigenvalue weighted by molar-refractivity contribution is -0.183. The molecule has 1 saturated carbocycles. The molecule has 1 nitrogen and oxygen atoms in total. The van der Waals surface area contributed by atoms with Crippen molar-refractivity contribution in [3.63, 3.8) is 0 Å². The van der Waals surface area contributed by atoms with Gasteiger partial charge in [0, 0.05) is 5.92 Å². The van der Waals surface area contributed by atoms with Crippen molar-refractivity contribution in [1.82, 2.24) is 0 Å². The lowest BCUT2D eigenvalue weighted by Crippen LogP contribution is -2.30. The van der Waals surface area contributed by atoms with Gasteiger partial charge in [0.15, 0.2) is 17.4 Å². The molecule has 0 aromatic heterocycles. The van der Waals surface area contributed by atoms with Crippen LogP contribution in [0.25, 0.3) is 0 Å². The van der Waals surface area contributed by atoms with Gasteiger partial charge in [-0.3, -0.25) is 4.79 Å². The number of benzene rings is 1. The molecule has 2 rings (SSSR count). The molecule has 1 aliphatic rings. The van der Waals surface area contributed by atoms with Gasteiger partial charge in [-0.05, 0) is 37.8 Å². The van der Waals surface area contributed by atoms with E-state index in [0.717, 1.165) is 12.1 Å². The monoisotopic (exact) mass is 292 g/mol. The second-order valence-corrected chi connectivity index (χ2v) is 5.06. The number of rotatable bonds is 2. The van der Waals surface area contributed by atoms with Gasteiger partial charge >= 0.3 is 6.18 Å². The number of halogens is 5. The molecule has 0 radical (unpaired) electrons. The van der Waals surface area contributed by atoms with Crippen LogP contribution in [-0.2, 0) is 0 Å². The molecule has 0 unspecified atom stereocenters. The maximum atomic E-state index is 13.5. The van der Waals surface area contributed by atoms with Crippen LogP contribution in [0.15, 0.2) is 18.2 Å². The average Bonchev–Trinajstić information content (AvgIpc) is 2.40. The Morgan fingerprint density at radius 1 is 1.05 bits per heavy atom. The van der Waals surface area contributed by atoms with Crippen LogP contribution in [0.4, 0.5) is 22.0 Å². The van der Waals surface area contributed by atoms with Crippen LogP contribution in [0.3, 0.4) is 0 Å². The van der Waals surface area contributed by atoms with Crippen molar-refractivity contribution in [2.24, 2.45) is 11.8 Å². The number of hydrogen-bond acceptors (Lipinski definition) is 1. The van der Waals surface area contributed by atoms with Crippen LogP contribution in [0, 0.1) is 23.5 Å². The summed E-state index contributed by atoms with van der Waals surface area (Å²) in [5.41, 5.74) is -0.375. The Labute approximate surface area is 112 Å². The van der Waals surface area contributed by atoms with Crippen molar-refractivity contribution in [2.75, 3.05) is 0 Å². The van der Waals surface area contributed by atoms with Gasteiger partial charge in [0.05, 0.1) is 11.5 Å². The molecule has 0 bridgehead atoms. The number of alkyl halides is 3. The number of carbonyl (C=O) groups is 1. The summed E-state index contributed by atoms with van der Waals surface area (Å²) in [6.07, 6.45) is -4.43. The molecule has 0 heterocycles. The number of carbonyl (C=O) groups excluding carboxylic acids is 1. The van der Waals surface area contributed by atoms with Gasteiger partial charge in [0.25, 0.3) is 0 Å². The molecule has 1 fully saturated rings. The van der Waals surface area contributed by atoms with Crippen molar-refractivity contribution in [2.45, 2.75) is 31.9 Å². The van der Waals surface area contributed by atoms with E-state index in [4.69, 9.17) is 0 Å². The zero-order valence-electron chi connectivity index (χ0n) is 10.5. The molecule has 0 spiro atoms. The first-order valence-electron chi connectivity index (χ1n) is 6.35. The Bertz CT molecular complexity index is 501. The summed E-state index contributed by atoms with van der Waals surface area (Å²) in [4.78, 5) is 12.0. The lowest BCUT2D eigenvalue weighted by Gasteiger charge is -2.29. The van der Waals surface area contributed by atoms with Crippen LogP contribution < -0.4 is 0 Å². The van der Waals surface area contributed by atoms with E-state index in [1.54, 1.807) is 0 Å². The molecule has 6 heteroatoms. The van der Waals surface area contributed by atoms with Crippen LogP contribution in [0.2, 0.25) is 0 Å². The van der Waals surface area contributed by atoms with Gasteiger partial charge in [0.1, 0.15) is 0 Å². The lowest BCUT2D eigenvalue weighted by atomic mass is 9.78. The SMILES string of the molecule is O=C(c1cccc(F)c1F)C1CCC(C(F)(F)F)CC1. The normalized spacial score (nSPS) is 23.6. The summed E-state index contributed by atoms with van der Waals surface area (Å²) < 4.78 is 64.1. The molecule has 1 aromatic rings. The topological polar surface area (TPSA) is 17.1 Å². The standard InChI is InChI=1S/C14H13F5O/c15-11-3-1-2-10(12(11)16)13(20)8-4-6-9(7-5-8)14(17,18)19/h1-3,8-9H,4-7H2. The highest BCUT2D eigenvalue weighted by molar-refractivity contribution is 5.98. The van der Waals surface area contributed by atoms with Crippen LogP contribution in [0.5, 0.6) is 0 Å². The van der Waals surface area contributed by atoms with E-state index < -0.39 is 35.4 Å². The Balaban J connectivity index is 2.07. The Morgan fingerprint density at radius 3 is 2.20 bits per heavy atom. The molecule has 20 heavy (non-hydrogen) atoms. The fourth-order valence-electron chi connectivity index (χ4n) is 2.60. The minimum absolute atomic E-state index is 0.0545. The first-order valence-corrected chi connectivity index (χ1v) is 6.35. The van der Waals surface area contributed by atoms with Gasteiger partial charge in [-0.2, -0.15) is 13.2 Å². The number of Topliss-reactive ketones (excluding diaryl/α,β-unsaturated/α-hetero) is 1. The molecule has 1 aromatic carbocycles. The molecule has 1 aliphatic carbocycles. The first kappa shape index (κ1) is 14.9. The second kappa shape index (κ2) is 5.50. The molecule has 0 aliphatic heterocycles. The second-order valence-electron chi connectivity index (χ2n) is 5.06. The van der Waals surface area contributed by atoms with E-state index in [9.17, 15) is 26.7 Å². The zero-order chi connectivity index (χ0) is 14.9. The van der Waals surface area contributed by atoms with Gasteiger partial charge < -0.3 is 0 Å². The quantitative estimate of drug-likeness (QED) is 0.578. The van der Waals surface area contributed by atoms with Gasteiger partial charge in [-0.15, -0.1) is 0 Å². The van der Waals surface area contributed by atoms with Gasteiger partial charge in [0.2, 0.25) is 0 Å². The highest BCUT2D eigenvalue weighted by Crippen LogP contribution is 2.40. The van der Waals surface area contributed by atoms with E-state index >= 15 is 0 Å². The number of hydrogen-bond donors (Lipinski definition) is 0. The van der Waals surface area contributed by atoms with Crippen molar-refractivity contribution >= 4 is 5.78 Å². The highest BCUT2D eigenvalue weighted by atomic mass is 19.4. The molecule has 0 amide bonds. The largest absolute Gasteiger partial charge is 0.391 e. The summed E-state index contributed by atoms with van der Waals surface area (Å²) in [5.74, 6) is -5.02. The van der Waals surface area contributed by atoms with Crippen molar-refractivity contribution in [1.29, 1.82) is 0 Å². The minimum atomic E-state index is -4.25. The molecule has 110 valence electrons. The van der Waals surface area contributed by atoms with Crippen molar-refractivity contribution in [3.05, 3.63) is 35.4 Å². The highest BCUT2D eigenvalue weighted by Gasteiger charge is 2.42. The molecule has 0 saturated heterocycles. The predicted octanol–water partition coefficient (Wildman–Crippen LogP) is 4.52. The van der Waals surface area contributed by atoms with Gasteiger partial charge in [-0.1, -0.05) is 6.07 Å². The van der Waals surface area contributed by atoms with Crippen LogP contribution in [0.1, 0.15) is 36.0 Å². The molecule has 0 atom stereocenters. The van der Waals surface area contributed by atoms with E-state index in [0.29, 0.717) is 0 Å². The van der Waals surface area contributed by atoms with E-state index in [-0.39, 0.29) is 31.2 Å². The van der Waals surface area contributed by atoms with Crippen molar-refractivity contribution in [3.8, 4) is 0 Å². The third kappa shape index (κ3) is 2.99. The Morgan fingerprint density at radius 2 is 1.65 bits per heavy atom. The fraction of sp³-hybridized carbons (Fsp3) is 0.500. The fourth-order valence-corrected chi connectivity index (χ4v) is 2.60. The third-order valence-electron chi connectivity index (χ3n) is 3.78. The average molecular weight is 292 g/mol. The molecular weight excluding hydrogens is 279 g/mol. The zero-order valence-corrected chi connectivity index (χ0v) is 10.5. The van der Waals surface area contributed by atoms with E-state index in [1.165, 1.54) is 6.07 Å². The van der Waals surface area contributed by atoms with E-state index in [1.807, 2.05) is 0 Å². The third-order valence-corrected chi connectivity index (χ3v) is 3.78. The first-order chi connectivity index (χ1) is 9.30. The maximum absolute atomic E-state index is 13.5. The predicted molar refractivity (Wildman–Crippen MR) is 62.2 cm³/mol. The van der Waals surface area contributed by atoms with E-state index in [2.05, 4.69) is 0 Å². The van der Waals surface area contributed by atoms with Crippen molar-refractivity contribution < 1.29 is 26.7 Å². The minimum Gasteiger partial charge on any atom is -0.294 e. The Kier molecular flexibility index (Phi) is 4.11. The summed E-state index contributed by atoms with van der Waals surface area (Å²) in [6.45, 7) is 0. The number of ketones is 1. The smallest absolute Gasteiger partial charge is 0.294 e. The molecule has 0 N–H and O–H groups in total.